The van der Waals surface area contributed by atoms with Crippen molar-refractivity contribution in [2.45, 2.75) is 97.0 Å². The topological polar surface area (TPSA) is 40.5 Å². The number of hydrogen-bond donors (Lipinski definition) is 2. The second kappa shape index (κ2) is 10.3. The largest absolute Gasteiger partial charge is 0.512 e. The predicted molar refractivity (Wildman–Crippen MR) is 116 cm³/mol. The number of allylic oxidation sites excluding steroid dienone is 4. The Morgan fingerprint density at radius 2 is 1.85 bits per heavy atom. The van der Waals surface area contributed by atoms with E-state index in [0.717, 1.165) is 43.3 Å². The molecule has 2 unspecified atom stereocenters. The first-order chi connectivity index (χ1) is 12.9. The van der Waals surface area contributed by atoms with E-state index in [9.17, 15) is 10.2 Å². The normalized spacial score (nSPS) is 28.4. The highest BCUT2D eigenvalue weighted by Gasteiger charge is 2.45. The number of hydrogen-bond acceptors (Lipinski definition) is 2. The van der Waals surface area contributed by atoms with Crippen molar-refractivity contribution in [2.24, 2.45) is 11.8 Å². The summed E-state index contributed by atoms with van der Waals surface area (Å²) in [6, 6.07) is 0. The van der Waals surface area contributed by atoms with Crippen LogP contribution >= 0.6 is 0 Å². The monoisotopic (exact) mass is 372 g/mol. The van der Waals surface area contributed by atoms with Gasteiger partial charge in [-0.2, -0.15) is 0 Å². The van der Waals surface area contributed by atoms with Crippen molar-refractivity contribution in [1.29, 1.82) is 0 Å². The van der Waals surface area contributed by atoms with Gasteiger partial charge >= 0.3 is 0 Å². The molecule has 2 N–H and O–H groups in total. The quantitative estimate of drug-likeness (QED) is 0.315. The van der Waals surface area contributed by atoms with Gasteiger partial charge in [-0.1, -0.05) is 63.7 Å². The first-order valence-electron chi connectivity index (χ1n) is 11.1. The van der Waals surface area contributed by atoms with Gasteiger partial charge in [0.25, 0.3) is 0 Å². The highest BCUT2D eigenvalue weighted by Crippen LogP contribution is 2.45. The molecule has 2 aliphatic carbocycles. The molecule has 0 saturated heterocycles. The first-order valence-corrected chi connectivity index (χ1v) is 11.1. The van der Waals surface area contributed by atoms with Gasteiger partial charge in [-0.25, -0.2) is 0 Å². The van der Waals surface area contributed by atoms with Crippen LogP contribution in [-0.2, 0) is 0 Å². The summed E-state index contributed by atoms with van der Waals surface area (Å²) < 4.78 is 0. The Labute approximate surface area is 166 Å². The molecule has 0 saturated carbocycles. The molecular formula is C25H40O2. The van der Waals surface area contributed by atoms with E-state index < -0.39 is 5.60 Å². The zero-order chi connectivity index (χ0) is 19.9. The molecule has 2 nitrogen and oxygen atoms in total. The molecule has 0 fully saturated rings. The van der Waals surface area contributed by atoms with Crippen LogP contribution in [0.3, 0.4) is 0 Å². The van der Waals surface area contributed by atoms with Gasteiger partial charge in [0.15, 0.2) is 0 Å². The SMILES string of the molecule is C=C(C)C1(O)C=C(CCCCCCCCC)C=C(O)[C@H]1C1C=C(C)CCC1. The van der Waals surface area contributed by atoms with Crippen LogP contribution in [0, 0.1) is 11.8 Å². The van der Waals surface area contributed by atoms with Crippen molar-refractivity contribution in [3.8, 4) is 0 Å². The van der Waals surface area contributed by atoms with Crippen molar-refractivity contribution in [3.63, 3.8) is 0 Å². The molecule has 0 aromatic carbocycles. The second-order valence-corrected chi connectivity index (χ2v) is 8.81. The molecule has 152 valence electrons. The van der Waals surface area contributed by atoms with Crippen LogP contribution in [0.15, 0.2) is 47.3 Å². The molecule has 0 aromatic rings. The van der Waals surface area contributed by atoms with Crippen LogP contribution in [0.5, 0.6) is 0 Å². The molecule has 0 radical (unpaired) electrons. The van der Waals surface area contributed by atoms with E-state index in [4.69, 9.17) is 0 Å². The summed E-state index contributed by atoms with van der Waals surface area (Å²) in [4.78, 5) is 0. The van der Waals surface area contributed by atoms with Crippen molar-refractivity contribution in [3.05, 3.63) is 47.3 Å². The van der Waals surface area contributed by atoms with Gasteiger partial charge in [0, 0.05) is 0 Å². The van der Waals surface area contributed by atoms with Crippen molar-refractivity contribution in [2.75, 3.05) is 0 Å². The fourth-order valence-electron chi connectivity index (χ4n) is 4.70. The van der Waals surface area contributed by atoms with Crippen LogP contribution in [-0.4, -0.2) is 15.8 Å². The third kappa shape index (κ3) is 5.85. The minimum Gasteiger partial charge on any atom is -0.512 e. The third-order valence-corrected chi connectivity index (χ3v) is 6.32. The molecule has 2 aliphatic rings. The minimum atomic E-state index is -1.14. The Bertz CT molecular complexity index is 595. The zero-order valence-electron chi connectivity index (χ0n) is 17.8. The van der Waals surface area contributed by atoms with E-state index >= 15 is 0 Å². The Hall–Kier alpha value is -1.28. The van der Waals surface area contributed by atoms with E-state index in [-0.39, 0.29) is 11.8 Å². The van der Waals surface area contributed by atoms with Crippen LogP contribution in [0.25, 0.3) is 0 Å². The van der Waals surface area contributed by atoms with Crippen LogP contribution in [0.2, 0.25) is 0 Å². The highest BCUT2D eigenvalue weighted by molar-refractivity contribution is 5.40. The lowest BCUT2D eigenvalue weighted by atomic mass is 9.67. The lowest BCUT2D eigenvalue weighted by molar-refractivity contribution is 0.0328. The van der Waals surface area contributed by atoms with Crippen molar-refractivity contribution >= 4 is 0 Å². The standard InChI is InChI=1S/C25H40O2/c1-5-6-7-8-9-10-11-14-21-17-23(26)24(25(27,18-21)19(2)3)22-15-12-13-20(4)16-22/h16-18,22,24,26-27H,2,5-15H2,1,3-4H3/t22?,24-,25?/m1/s1. The molecule has 0 aromatic heterocycles. The predicted octanol–water partition coefficient (Wildman–Crippen LogP) is 7.18. The average Bonchev–Trinajstić information content (AvgIpc) is 2.60. The Balaban J connectivity index is 2.03. The van der Waals surface area contributed by atoms with Gasteiger partial charge in [-0.15, -0.1) is 0 Å². The zero-order valence-corrected chi connectivity index (χ0v) is 17.8. The Morgan fingerprint density at radius 1 is 1.19 bits per heavy atom. The Kier molecular flexibility index (Phi) is 8.41. The highest BCUT2D eigenvalue weighted by atomic mass is 16.3. The van der Waals surface area contributed by atoms with Gasteiger partial charge in [0.2, 0.25) is 0 Å². The van der Waals surface area contributed by atoms with E-state index in [1.54, 1.807) is 0 Å². The van der Waals surface area contributed by atoms with Gasteiger partial charge < -0.3 is 10.2 Å². The van der Waals surface area contributed by atoms with E-state index in [2.05, 4.69) is 26.5 Å². The number of rotatable bonds is 10. The maximum atomic E-state index is 11.5. The number of aliphatic hydroxyl groups is 2. The summed E-state index contributed by atoms with van der Waals surface area (Å²) in [6.45, 7) is 10.3. The number of unbranched alkanes of at least 4 members (excludes halogenated alkanes) is 6. The van der Waals surface area contributed by atoms with Gasteiger partial charge in [-0.3, -0.25) is 0 Å². The summed E-state index contributed by atoms with van der Waals surface area (Å²) in [5, 5.41) is 22.3. The minimum absolute atomic E-state index is 0.174. The van der Waals surface area contributed by atoms with Crippen molar-refractivity contribution in [1.82, 2.24) is 0 Å². The Morgan fingerprint density at radius 3 is 2.48 bits per heavy atom. The molecule has 0 heterocycles. The maximum Gasteiger partial charge on any atom is 0.114 e. The molecule has 2 rings (SSSR count). The molecule has 0 amide bonds. The number of aliphatic hydroxyl groups excluding tert-OH is 1. The molecule has 0 spiro atoms. The molecular weight excluding hydrogens is 332 g/mol. The van der Waals surface area contributed by atoms with Crippen LogP contribution < -0.4 is 0 Å². The third-order valence-electron chi connectivity index (χ3n) is 6.32. The first kappa shape index (κ1) is 22.0. The van der Waals surface area contributed by atoms with E-state index in [0.29, 0.717) is 5.76 Å². The lowest BCUT2D eigenvalue weighted by Crippen LogP contribution is -2.44. The summed E-state index contributed by atoms with van der Waals surface area (Å²) in [5.74, 6) is 0.202. The van der Waals surface area contributed by atoms with Gasteiger partial charge in [-0.05, 0) is 75.2 Å². The van der Waals surface area contributed by atoms with Crippen LogP contribution in [0.4, 0.5) is 0 Å². The smallest absolute Gasteiger partial charge is 0.114 e. The van der Waals surface area contributed by atoms with Gasteiger partial charge in [0.05, 0.1) is 11.7 Å². The molecule has 0 aliphatic heterocycles. The summed E-state index contributed by atoms with van der Waals surface area (Å²) in [7, 11) is 0. The summed E-state index contributed by atoms with van der Waals surface area (Å²) in [6.07, 6.45) is 19.2. The summed E-state index contributed by atoms with van der Waals surface area (Å²) in [5.41, 5.74) is 2.00. The van der Waals surface area contributed by atoms with E-state index in [1.807, 2.05) is 19.1 Å². The molecule has 0 bridgehead atoms. The van der Waals surface area contributed by atoms with Crippen LogP contribution in [0.1, 0.15) is 91.4 Å². The van der Waals surface area contributed by atoms with Crippen molar-refractivity contribution < 1.29 is 10.2 Å². The maximum absolute atomic E-state index is 11.5. The molecule has 3 atom stereocenters. The fraction of sp³-hybridized carbons (Fsp3) is 0.680. The lowest BCUT2D eigenvalue weighted by Gasteiger charge is -2.42. The second-order valence-electron chi connectivity index (χ2n) is 8.81. The summed E-state index contributed by atoms with van der Waals surface area (Å²) >= 11 is 0. The average molecular weight is 373 g/mol. The van der Waals surface area contributed by atoms with Gasteiger partial charge in [0.1, 0.15) is 5.60 Å². The van der Waals surface area contributed by atoms with E-state index in [1.165, 1.54) is 44.1 Å². The molecule has 27 heavy (non-hydrogen) atoms. The molecule has 2 heteroatoms. The fourth-order valence-corrected chi connectivity index (χ4v) is 4.70.